The highest BCUT2D eigenvalue weighted by molar-refractivity contribution is 5.48. The average molecular weight is 110 g/mol. The molecule has 3 nitrogen and oxygen atoms in total. The molecule has 0 spiro atoms. The fraction of sp³-hybridized carbons (Fsp3) is 0. The Morgan fingerprint density at radius 2 is 2.38 bits per heavy atom. The summed E-state index contributed by atoms with van der Waals surface area (Å²) in [7, 11) is 0. The van der Waals surface area contributed by atoms with E-state index in [0.717, 1.165) is 0 Å². The van der Waals surface area contributed by atoms with E-state index in [0.29, 0.717) is 6.41 Å². The number of carbonyl (C=O) groups excluding carboxylic acids is 1. The maximum atomic E-state index is 9.94. The van der Waals surface area contributed by atoms with Crippen molar-refractivity contribution in [2.24, 2.45) is 0 Å². The molecule has 1 amide bonds. The zero-order chi connectivity index (χ0) is 5.82. The first-order chi connectivity index (χ1) is 3.93. The summed E-state index contributed by atoms with van der Waals surface area (Å²) in [6, 6.07) is 0. The van der Waals surface area contributed by atoms with Gasteiger partial charge in [-0.1, -0.05) is 0 Å². The first-order valence-corrected chi connectivity index (χ1v) is 2.26. The molecule has 0 saturated heterocycles. The molecule has 0 radical (unpaired) electrons. The largest absolute Gasteiger partial charge is 0.299 e. The number of hydrogen-bond donors (Lipinski definition) is 1. The van der Waals surface area contributed by atoms with Gasteiger partial charge in [-0.25, -0.2) is 5.01 Å². The van der Waals surface area contributed by atoms with Crippen LogP contribution in [0.25, 0.3) is 0 Å². The first-order valence-electron chi connectivity index (χ1n) is 2.26. The summed E-state index contributed by atoms with van der Waals surface area (Å²) in [4.78, 5) is 9.94. The number of carbonyl (C=O) groups is 1. The molecule has 8 heavy (non-hydrogen) atoms. The number of amides is 1. The highest BCUT2D eigenvalue weighted by Crippen LogP contribution is 1.86. The van der Waals surface area contributed by atoms with Crippen molar-refractivity contribution in [2.45, 2.75) is 0 Å². The maximum Gasteiger partial charge on any atom is 0.232 e. The molecule has 1 aliphatic rings. The summed E-state index contributed by atoms with van der Waals surface area (Å²) in [5.41, 5.74) is 2.67. The molecule has 1 heterocycles. The van der Waals surface area contributed by atoms with Crippen molar-refractivity contribution in [2.75, 3.05) is 0 Å². The fourth-order valence-electron chi connectivity index (χ4n) is 0.436. The molecule has 1 N–H and O–H groups in total. The van der Waals surface area contributed by atoms with Gasteiger partial charge in [-0.2, -0.15) is 0 Å². The van der Waals surface area contributed by atoms with Gasteiger partial charge in [0.15, 0.2) is 0 Å². The third-order valence-electron chi connectivity index (χ3n) is 0.791. The molecule has 1 rings (SSSR count). The van der Waals surface area contributed by atoms with Gasteiger partial charge in [0.25, 0.3) is 0 Å². The van der Waals surface area contributed by atoms with E-state index in [1.807, 2.05) is 0 Å². The first kappa shape index (κ1) is 4.90. The third-order valence-corrected chi connectivity index (χ3v) is 0.791. The Labute approximate surface area is 47.3 Å². The zero-order valence-electron chi connectivity index (χ0n) is 4.24. The van der Waals surface area contributed by atoms with Gasteiger partial charge in [0.1, 0.15) is 0 Å². The summed E-state index contributed by atoms with van der Waals surface area (Å²) in [6.45, 7) is 0. The molecule has 0 bridgehead atoms. The van der Waals surface area contributed by atoms with Crippen molar-refractivity contribution in [3.8, 4) is 0 Å². The van der Waals surface area contributed by atoms with Crippen molar-refractivity contribution < 1.29 is 4.79 Å². The molecule has 0 aromatic carbocycles. The van der Waals surface area contributed by atoms with Crippen molar-refractivity contribution in [1.29, 1.82) is 0 Å². The Morgan fingerprint density at radius 3 is 2.75 bits per heavy atom. The summed E-state index contributed by atoms with van der Waals surface area (Å²) in [5, 5.41) is 1.32. The second kappa shape index (κ2) is 2.16. The predicted molar refractivity (Wildman–Crippen MR) is 29.3 cm³/mol. The van der Waals surface area contributed by atoms with Gasteiger partial charge in [-0.3, -0.25) is 10.2 Å². The zero-order valence-corrected chi connectivity index (χ0v) is 4.24. The number of hydrazine groups is 1. The van der Waals surface area contributed by atoms with Crippen LogP contribution in [0.4, 0.5) is 0 Å². The van der Waals surface area contributed by atoms with Gasteiger partial charge < -0.3 is 0 Å². The van der Waals surface area contributed by atoms with Crippen molar-refractivity contribution in [1.82, 2.24) is 10.4 Å². The minimum atomic E-state index is 0.694. The van der Waals surface area contributed by atoms with Gasteiger partial charge in [0, 0.05) is 12.4 Å². The molecular formula is C5H6N2O. The molecule has 0 fully saturated rings. The maximum absolute atomic E-state index is 9.94. The van der Waals surface area contributed by atoms with Crippen LogP contribution in [0.2, 0.25) is 0 Å². The van der Waals surface area contributed by atoms with E-state index in [4.69, 9.17) is 0 Å². The van der Waals surface area contributed by atoms with Crippen LogP contribution in [0, 0.1) is 0 Å². The molecule has 0 atom stereocenters. The standard InChI is InChI=1S/C5H6N2O/c8-5-7-4-2-1-3-6-7/h1-6H. The van der Waals surface area contributed by atoms with E-state index < -0.39 is 0 Å². The Bertz CT molecular complexity index is 139. The highest BCUT2D eigenvalue weighted by Gasteiger charge is 1.90. The fourth-order valence-corrected chi connectivity index (χ4v) is 0.436. The van der Waals surface area contributed by atoms with Gasteiger partial charge >= 0.3 is 0 Å². The Balaban J connectivity index is 2.51. The minimum Gasteiger partial charge on any atom is -0.299 e. The molecule has 1 aliphatic heterocycles. The molecule has 0 aromatic heterocycles. The van der Waals surface area contributed by atoms with E-state index in [2.05, 4.69) is 5.43 Å². The van der Waals surface area contributed by atoms with Gasteiger partial charge in [0.2, 0.25) is 6.41 Å². The predicted octanol–water partition coefficient (Wildman–Crippen LogP) is -0.00960. The number of rotatable bonds is 1. The van der Waals surface area contributed by atoms with Crippen LogP contribution < -0.4 is 5.43 Å². The van der Waals surface area contributed by atoms with Gasteiger partial charge in [-0.05, 0) is 12.2 Å². The number of hydrogen-bond acceptors (Lipinski definition) is 2. The summed E-state index contributed by atoms with van der Waals surface area (Å²) in [6.07, 6.45) is 7.58. The minimum absolute atomic E-state index is 0.694. The molecule has 0 aliphatic carbocycles. The smallest absolute Gasteiger partial charge is 0.232 e. The second-order valence-electron chi connectivity index (χ2n) is 1.34. The van der Waals surface area contributed by atoms with Crippen LogP contribution in [0.5, 0.6) is 0 Å². The van der Waals surface area contributed by atoms with Crippen LogP contribution >= 0.6 is 0 Å². The van der Waals surface area contributed by atoms with Crippen LogP contribution in [-0.2, 0) is 4.79 Å². The quantitative estimate of drug-likeness (QED) is 0.481. The second-order valence-corrected chi connectivity index (χ2v) is 1.34. The van der Waals surface area contributed by atoms with E-state index in [1.165, 1.54) is 5.01 Å². The SMILES string of the molecule is O=CN1C=CC=CN1. The number of allylic oxidation sites excluding steroid dienone is 2. The van der Waals surface area contributed by atoms with Crippen molar-refractivity contribution in [3.05, 3.63) is 24.6 Å². The van der Waals surface area contributed by atoms with Crippen LogP contribution in [0.15, 0.2) is 24.6 Å². The Hall–Kier alpha value is -1.25. The lowest BCUT2D eigenvalue weighted by Gasteiger charge is -2.12. The Morgan fingerprint density at radius 1 is 1.50 bits per heavy atom. The average Bonchev–Trinajstić information content (AvgIpc) is 1.90. The summed E-state index contributed by atoms with van der Waals surface area (Å²) in [5.74, 6) is 0. The van der Waals surface area contributed by atoms with E-state index in [1.54, 1.807) is 24.6 Å². The number of nitrogens with zero attached hydrogens (tertiary/aromatic N) is 1. The van der Waals surface area contributed by atoms with Crippen LogP contribution in [0.3, 0.4) is 0 Å². The molecular weight excluding hydrogens is 104 g/mol. The van der Waals surface area contributed by atoms with Crippen LogP contribution in [0.1, 0.15) is 0 Å². The van der Waals surface area contributed by atoms with Crippen molar-refractivity contribution in [3.63, 3.8) is 0 Å². The lowest BCUT2D eigenvalue weighted by atomic mass is 10.5. The molecule has 0 unspecified atom stereocenters. The van der Waals surface area contributed by atoms with Gasteiger partial charge in [0.05, 0.1) is 0 Å². The monoisotopic (exact) mass is 110 g/mol. The third kappa shape index (κ3) is 0.872. The Kier molecular flexibility index (Phi) is 1.32. The summed E-state index contributed by atoms with van der Waals surface area (Å²) < 4.78 is 0. The lowest BCUT2D eigenvalue weighted by Crippen LogP contribution is -2.28. The number of nitrogens with one attached hydrogen (secondary N) is 1. The van der Waals surface area contributed by atoms with Crippen LogP contribution in [-0.4, -0.2) is 11.4 Å². The van der Waals surface area contributed by atoms with E-state index in [9.17, 15) is 4.79 Å². The van der Waals surface area contributed by atoms with E-state index >= 15 is 0 Å². The molecule has 3 heteroatoms. The molecule has 42 valence electrons. The normalized spacial score (nSPS) is 15.8. The highest BCUT2D eigenvalue weighted by atomic mass is 16.1. The molecule has 0 saturated carbocycles. The topological polar surface area (TPSA) is 32.3 Å². The summed E-state index contributed by atoms with van der Waals surface area (Å²) >= 11 is 0. The van der Waals surface area contributed by atoms with E-state index in [-0.39, 0.29) is 0 Å². The van der Waals surface area contributed by atoms with Crippen molar-refractivity contribution >= 4 is 6.41 Å². The lowest BCUT2D eigenvalue weighted by molar-refractivity contribution is -0.117. The molecule has 0 aromatic rings. The van der Waals surface area contributed by atoms with Gasteiger partial charge in [-0.15, -0.1) is 0 Å².